The Morgan fingerprint density at radius 2 is 1.91 bits per heavy atom. The first-order chi connectivity index (χ1) is 10.4. The summed E-state index contributed by atoms with van der Waals surface area (Å²) >= 11 is 0. The van der Waals surface area contributed by atoms with Gasteiger partial charge in [-0.05, 0) is 18.6 Å². The number of ether oxygens (including phenoxy) is 1. The number of nitrogens with zero attached hydrogens (tertiary/aromatic N) is 2. The zero-order valence-electron chi connectivity index (χ0n) is 12.1. The second kappa shape index (κ2) is 6.21. The third-order valence-electron chi connectivity index (χ3n) is 3.10. The van der Waals surface area contributed by atoms with Gasteiger partial charge in [-0.15, -0.1) is 0 Å². The van der Waals surface area contributed by atoms with Crippen molar-refractivity contribution >= 4 is 5.97 Å². The van der Waals surface area contributed by atoms with Crippen molar-refractivity contribution in [2.45, 2.75) is 26.1 Å². The third kappa shape index (κ3) is 3.29. The maximum Gasteiger partial charge on any atom is 0.434 e. The van der Waals surface area contributed by atoms with Crippen LogP contribution >= 0.6 is 0 Å². The van der Waals surface area contributed by atoms with Crippen LogP contribution < -0.4 is 0 Å². The SMILES string of the molecule is CCCn1cc(C(F)(F)F)nc1-c1ccc(C(=O)OC)cc1. The summed E-state index contributed by atoms with van der Waals surface area (Å²) in [6.07, 6.45) is -2.80. The fourth-order valence-corrected chi connectivity index (χ4v) is 2.07. The van der Waals surface area contributed by atoms with Crippen LogP contribution in [0.4, 0.5) is 13.2 Å². The van der Waals surface area contributed by atoms with Crippen LogP contribution in [0.3, 0.4) is 0 Å². The molecular weight excluding hydrogens is 297 g/mol. The number of hydrogen-bond donors (Lipinski definition) is 0. The zero-order chi connectivity index (χ0) is 16.3. The molecule has 0 unspecified atom stereocenters. The highest BCUT2D eigenvalue weighted by Gasteiger charge is 2.34. The number of halogens is 3. The van der Waals surface area contributed by atoms with Crippen molar-refractivity contribution in [2.75, 3.05) is 7.11 Å². The van der Waals surface area contributed by atoms with E-state index in [4.69, 9.17) is 0 Å². The van der Waals surface area contributed by atoms with Crippen LogP contribution in [-0.2, 0) is 17.5 Å². The predicted molar refractivity (Wildman–Crippen MR) is 74.3 cm³/mol. The van der Waals surface area contributed by atoms with Gasteiger partial charge in [0.2, 0.25) is 0 Å². The van der Waals surface area contributed by atoms with E-state index in [0.29, 0.717) is 24.1 Å². The summed E-state index contributed by atoms with van der Waals surface area (Å²) in [6.45, 7) is 2.30. The van der Waals surface area contributed by atoms with Crippen LogP contribution in [-0.4, -0.2) is 22.6 Å². The van der Waals surface area contributed by atoms with Gasteiger partial charge in [0.15, 0.2) is 5.69 Å². The first-order valence-electron chi connectivity index (χ1n) is 6.70. The maximum absolute atomic E-state index is 12.8. The molecule has 2 aromatic rings. The first kappa shape index (κ1) is 16.1. The molecule has 1 aromatic carbocycles. The van der Waals surface area contributed by atoms with Gasteiger partial charge < -0.3 is 9.30 Å². The topological polar surface area (TPSA) is 44.1 Å². The quantitative estimate of drug-likeness (QED) is 0.807. The van der Waals surface area contributed by atoms with Crippen molar-refractivity contribution in [1.29, 1.82) is 0 Å². The van der Waals surface area contributed by atoms with E-state index < -0.39 is 17.8 Å². The van der Waals surface area contributed by atoms with Gasteiger partial charge in [-0.25, -0.2) is 9.78 Å². The molecule has 0 aliphatic carbocycles. The van der Waals surface area contributed by atoms with E-state index in [-0.39, 0.29) is 5.82 Å². The smallest absolute Gasteiger partial charge is 0.434 e. The molecule has 7 heteroatoms. The largest absolute Gasteiger partial charge is 0.465 e. The van der Waals surface area contributed by atoms with Crippen molar-refractivity contribution in [2.24, 2.45) is 0 Å². The second-order valence-electron chi connectivity index (χ2n) is 4.71. The van der Waals surface area contributed by atoms with E-state index in [0.717, 1.165) is 6.20 Å². The van der Waals surface area contributed by atoms with Crippen LogP contribution in [0.25, 0.3) is 11.4 Å². The number of carbonyl (C=O) groups excluding carboxylic acids is 1. The summed E-state index contributed by atoms with van der Waals surface area (Å²) in [5.41, 5.74) is -0.0829. The molecule has 0 aliphatic heterocycles. The van der Waals surface area contributed by atoms with Crippen molar-refractivity contribution in [3.63, 3.8) is 0 Å². The van der Waals surface area contributed by atoms with Crippen LogP contribution in [0, 0.1) is 0 Å². The summed E-state index contributed by atoms with van der Waals surface area (Å²) in [5.74, 6) is -0.273. The Kier molecular flexibility index (Phi) is 4.54. The van der Waals surface area contributed by atoms with E-state index in [1.165, 1.54) is 23.8 Å². The lowest BCUT2D eigenvalue weighted by atomic mass is 10.1. The van der Waals surface area contributed by atoms with Gasteiger partial charge >= 0.3 is 12.1 Å². The molecule has 0 bridgehead atoms. The minimum absolute atomic E-state index is 0.227. The average Bonchev–Trinajstić information content (AvgIpc) is 2.91. The lowest BCUT2D eigenvalue weighted by Crippen LogP contribution is -2.05. The van der Waals surface area contributed by atoms with E-state index in [2.05, 4.69) is 9.72 Å². The van der Waals surface area contributed by atoms with E-state index in [1.54, 1.807) is 12.1 Å². The molecule has 1 aromatic heterocycles. The zero-order valence-corrected chi connectivity index (χ0v) is 12.1. The predicted octanol–water partition coefficient (Wildman–Crippen LogP) is 3.77. The van der Waals surface area contributed by atoms with Crippen molar-refractivity contribution < 1.29 is 22.7 Å². The Hall–Kier alpha value is -2.31. The number of carbonyl (C=O) groups is 1. The molecule has 2 rings (SSSR count). The van der Waals surface area contributed by atoms with E-state index in [1.807, 2.05) is 6.92 Å². The summed E-state index contributed by atoms with van der Waals surface area (Å²) in [4.78, 5) is 15.1. The molecule has 0 spiro atoms. The molecule has 22 heavy (non-hydrogen) atoms. The van der Waals surface area contributed by atoms with Gasteiger partial charge in [0.25, 0.3) is 0 Å². The van der Waals surface area contributed by atoms with Gasteiger partial charge in [0.1, 0.15) is 5.82 Å². The molecule has 0 saturated heterocycles. The minimum Gasteiger partial charge on any atom is -0.465 e. The standard InChI is InChI=1S/C15H15F3N2O2/c1-3-8-20-9-12(15(16,17)18)19-13(20)10-4-6-11(7-5-10)14(21)22-2/h4-7,9H,3,8H2,1-2H3. The molecule has 0 N–H and O–H groups in total. The molecular formula is C15H15F3N2O2. The van der Waals surface area contributed by atoms with Gasteiger partial charge in [0.05, 0.1) is 12.7 Å². The molecule has 1 heterocycles. The Bertz CT molecular complexity index is 660. The number of methoxy groups -OCH3 is 1. The monoisotopic (exact) mass is 312 g/mol. The van der Waals surface area contributed by atoms with Crippen LogP contribution in [0.15, 0.2) is 30.5 Å². The van der Waals surface area contributed by atoms with Gasteiger partial charge in [0, 0.05) is 18.3 Å². The molecule has 0 saturated carbocycles. The Labute approximate surface area is 125 Å². The molecule has 0 radical (unpaired) electrons. The Morgan fingerprint density at radius 3 is 2.41 bits per heavy atom. The van der Waals surface area contributed by atoms with Crippen molar-refractivity contribution in [1.82, 2.24) is 9.55 Å². The second-order valence-corrected chi connectivity index (χ2v) is 4.71. The summed E-state index contributed by atoms with van der Waals surface area (Å²) in [5, 5.41) is 0. The first-order valence-corrected chi connectivity index (χ1v) is 6.70. The highest BCUT2D eigenvalue weighted by atomic mass is 19.4. The van der Waals surface area contributed by atoms with E-state index in [9.17, 15) is 18.0 Å². The lowest BCUT2D eigenvalue weighted by molar-refractivity contribution is -0.140. The Morgan fingerprint density at radius 1 is 1.27 bits per heavy atom. The highest BCUT2D eigenvalue weighted by Crippen LogP contribution is 2.31. The lowest BCUT2D eigenvalue weighted by Gasteiger charge is -2.06. The summed E-state index contributed by atoms with van der Waals surface area (Å²) < 4.78 is 44.5. The van der Waals surface area contributed by atoms with Gasteiger partial charge in [-0.1, -0.05) is 19.1 Å². The molecule has 0 amide bonds. The van der Waals surface area contributed by atoms with Crippen LogP contribution in [0.1, 0.15) is 29.4 Å². The number of hydrogen-bond acceptors (Lipinski definition) is 3. The molecule has 4 nitrogen and oxygen atoms in total. The third-order valence-corrected chi connectivity index (χ3v) is 3.10. The highest BCUT2D eigenvalue weighted by molar-refractivity contribution is 5.89. The van der Waals surface area contributed by atoms with Crippen LogP contribution in [0.2, 0.25) is 0 Å². The molecule has 118 valence electrons. The van der Waals surface area contributed by atoms with Crippen LogP contribution in [0.5, 0.6) is 0 Å². The number of rotatable bonds is 4. The number of aromatic nitrogens is 2. The number of alkyl halides is 3. The number of imidazole rings is 1. The maximum atomic E-state index is 12.8. The number of aryl methyl sites for hydroxylation is 1. The Balaban J connectivity index is 2.42. The molecule has 0 atom stereocenters. The van der Waals surface area contributed by atoms with Crippen molar-refractivity contribution in [3.8, 4) is 11.4 Å². The minimum atomic E-state index is -4.49. The fourth-order valence-electron chi connectivity index (χ4n) is 2.07. The van der Waals surface area contributed by atoms with Crippen molar-refractivity contribution in [3.05, 3.63) is 41.7 Å². The number of benzene rings is 1. The van der Waals surface area contributed by atoms with Gasteiger partial charge in [-0.3, -0.25) is 0 Å². The summed E-state index contributed by atoms with van der Waals surface area (Å²) in [6, 6.07) is 6.11. The fraction of sp³-hybridized carbons (Fsp3) is 0.333. The molecule has 0 fully saturated rings. The summed E-state index contributed by atoms with van der Waals surface area (Å²) in [7, 11) is 1.26. The molecule has 0 aliphatic rings. The van der Waals surface area contributed by atoms with E-state index >= 15 is 0 Å². The average molecular weight is 312 g/mol. The normalized spacial score (nSPS) is 11.5. The number of esters is 1. The van der Waals surface area contributed by atoms with Gasteiger partial charge in [-0.2, -0.15) is 13.2 Å².